The van der Waals surface area contributed by atoms with Crippen molar-refractivity contribution in [2.24, 2.45) is 11.7 Å². The predicted octanol–water partition coefficient (Wildman–Crippen LogP) is 3.09. The fourth-order valence-corrected chi connectivity index (χ4v) is 2.95. The first-order chi connectivity index (χ1) is 9.63. The summed E-state index contributed by atoms with van der Waals surface area (Å²) in [4.78, 5) is 14.4. The summed E-state index contributed by atoms with van der Waals surface area (Å²) >= 11 is 0. The number of rotatable bonds is 3. The normalized spacial score (nSPS) is 23.1. The smallest absolute Gasteiger partial charge is 0.231 e. The summed E-state index contributed by atoms with van der Waals surface area (Å²) in [6.45, 7) is 2.44. The van der Waals surface area contributed by atoms with Crippen LogP contribution in [0.2, 0.25) is 0 Å². The Hall–Kier alpha value is -1.42. The van der Waals surface area contributed by atoms with Crippen LogP contribution in [0.1, 0.15) is 39.0 Å². The molecule has 20 heavy (non-hydrogen) atoms. The SMILES string of the molecule is CCN(C(=O)C1CCCCCC1N)c1cccc(F)c1. The van der Waals surface area contributed by atoms with Crippen LogP contribution in [-0.4, -0.2) is 18.5 Å². The number of halogens is 1. The molecule has 4 heteroatoms. The van der Waals surface area contributed by atoms with E-state index in [-0.39, 0.29) is 23.7 Å². The molecule has 0 aromatic heterocycles. The van der Waals surface area contributed by atoms with Crippen LogP contribution >= 0.6 is 0 Å². The fraction of sp³-hybridized carbons (Fsp3) is 0.562. The molecule has 2 unspecified atom stereocenters. The molecule has 0 bridgehead atoms. The molecule has 2 rings (SSSR count). The lowest BCUT2D eigenvalue weighted by atomic mass is 9.93. The van der Waals surface area contributed by atoms with Crippen molar-refractivity contribution in [2.75, 3.05) is 11.4 Å². The van der Waals surface area contributed by atoms with Crippen molar-refractivity contribution >= 4 is 11.6 Å². The van der Waals surface area contributed by atoms with Gasteiger partial charge in [0.1, 0.15) is 5.82 Å². The average Bonchev–Trinajstić information content (AvgIpc) is 2.64. The topological polar surface area (TPSA) is 46.3 Å². The molecule has 2 atom stereocenters. The monoisotopic (exact) mass is 278 g/mol. The van der Waals surface area contributed by atoms with E-state index in [4.69, 9.17) is 5.73 Å². The van der Waals surface area contributed by atoms with Crippen LogP contribution in [0, 0.1) is 11.7 Å². The van der Waals surface area contributed by atoms with Crippen LogP contribution in [0.5, 0.6) is 0 Å². The molecule has 0 radical (unpaired) electrons. The molecule has 2 N–H and O–H groups in total. The Labute approximate surface area is 120 Å². The molecule has 1 aromatic rings. The van der Waals surface area contributed by atoms with Crippen molar-refractivity contribution in [3.63, 3.8) is 0 Å². The molecule has 0 aliphatic heterocycles. The standard InChI is InChI=1S/C16H23FN2O/c1-2-19(13-8-6-7-12(17)11-13)16(20)14-9-4-3-5-10-15(14)18/h6-8,11,14-15H,2-5,9-10,18H2,1H3. The van der Waals surface area contributed by atoms with Crippen molar-refractivity contribution in [2.45, 2.75) is 45.1 Å². The second-order valence-corrected chi connectivity index (χ2v) is 5.47. The lowest BCUT2D eigenvalue weighted by Gasteiger charge is -2.28. The number of carbonyl (C=O) groups is 1. The molecule has 3 nitrogen and oxygen atoms in total. The van der Waals surface area contributed by atoms with Gasteiger partial charge in [-0.15, -0.1) is 0 Å². The molecule has 1 aliphatic rings. The maximum Gasteiger partial charge on any atom is 0.231 e. The highest BCUT2D eigenvalue weighted by Crippen LogP contribution is 2.26. The van der Waals surface area contributed by atoms with Crippen molar-refractivity contribution in [1.29, 1.82) is 0 Å². The highest BCUT2D eigenvalue weighted by Gasteiger charge is 2.30. The van der Waals surface area contributed by atoms with Gasteiger partial charge in [0.15, 0.2) is 0 Å². The minimum absolute atomic E-state index is 0.0347. The van der Waals surface area contributed by atoms with E-state index in [0.717, 1.165) is 32.1 Å². The Balaban J connectivity index is 2.19. The van der Waals surface area contributed by atoms with Gasteiger partial charge in [-0.05, 0) is 38.0 Å². The molecular formula is C16H23FN2O. The van der Waals surface area contributed by atoms with E-state index >= 15 is 0 Å². The number of anilines is 1. The van der Waals surface area contributed by atoms with Gasteiger partial charge in [0, 0.05) is 18.3 Å². The second kappa shape index (κ2) is 6.84. The number of carbonyl (C=O) groups excluding carboxylic acids is 1. The molecule has 1 amide bonds. The van der Waals surface area contributed by atoms with Gasteiger partial charge in [-0.3, -0.25) is 4.79 Å². The number of benzene rings is 1. The minimum Gasteiger partial charge on any atom is -0.327 e. The zero-order chi connectivity index (χ0) is 14.5. The summed E-state index contributed by atoms with van der Waals surface area (Å²) in [7, 11) is 0. The molecule has 1 fully saturated rings. The van der Waals surface area contributed by atoms with E-state index in [1.165, 1.54) is 12.1 Å². The first kappa shape index (κ1) is 15.0. The highest BCUT2D eigenvalue weighted by molar-refractivity contribution is 5.95. The fourth-order valence-electron chi connectivity index (χ4n) is 2.95. The van der Waals surface area contributed by atoms with Gasteiger partial charge < -0.3 is 10.6 Å². The third-order valence-electron chi connectivity index (χ3n) is 4.09. The van der Waals surface area contributed by atoms with Crippen LogP contribution in [-0.2, 0) is 4.79 Å². The molecule has 0 spiro atoms. The van der Waals surface area contributed by atoms with E-state index in [9.17, 15) is 9.18 Å². The Morgan fingerprint density at radius 2 is 2.10 bits per heavy atom. The first-order valence-corrected chi connectivity index (χ1v) is 7.46. The third kappa shape index (κ3) is 3.37. The molecule has 1 saturated carbocycles. The van der Waals surface area contributed by atoms with Gasteiger partial charge in [0.2, 0.25) is 5.91 Å². The van der Waals surface area contributed by atoms with Crippen LogP contribution in [0.4, 0.5) is 10.1 Å². The number of nitrogens with zero attached hydrogens (tertiary/aromatic N) is 1. The van der Waals surface area contributed by atoms with Crippen LogP contribution in [0.25, 0.3) is 0 Å². The average molecular weight is 278 g/mol. The van der Waals surface area contributed by atoms with E-state index in [1.807, 2.05) is 6.92 Å². The maximum atomic E-state index is 13.3. The van der Waals surface area contributed by atoms with Gasteiger partial charge in [-0.25, -0.2) is 4.39 Å². The maximum absolute atomic E-state index is 13.3. The molecule has 1 aromatic carbocycles. The number of nitrogens with two attached hydrogens (primary N) is 1. The Morgan fingerprint density at radius 1 is 1.35 bits per heavy atom. The van der Waals surface area contributed by atoms with E-state index in [2.05, 4.69) is 0 Å². The van der Waals surface area contributed by atoms with Crippen LogP contribution < -0.4 is 10.6 Å². The number of hydrogen-bond donors (Lipinski definition) is 1. The zero-order valence-corrected chi connectivity index (χ0v) is 12.0. The Kier molecular flexibility index (Phi) is 5.12. The van der Waals surface area contributed by atoms with E-state index < -0.39 is 0 Å². The summed E-state index contributed by atoms with van der Waals surface area (Å²) < 4.78 is 13.3. The molecule has 1 aliphatic carbocycles. The summed E-state index contributed by atoms with van der Waals surface area (Å²) in [6.07, 6.45) is 5.02. The van der Waals surface area contributed by atoms with Crippen LogP contribution in [0.3, 0.4) is 0 Å². The van der Waals surface area contributed by atoms with Gasteiger partial charge in [0.25, 0.3) is 0 Å². The number of hydrogen-bond acceptors (Lipinski definition) is 2. The summed E-state index contributed by atoms with van der Waals surface area (Å²) in [5.74, 6) is -0.424. The van der Waals surface area contributed by atoms with Crippen molar-refractivity contribution in [1.82, 2.24) is 0 Å². The van der Waals surface area contributed by atoms with Gasteiger partial charge in [-0.1, -0.05) is 25.3 Å². The van der Waals surface area contributed by atoms with Crippen molar-refractivity contribution in [3.05, 3.63) is 30.1 Å². The zero-order valence-electron chi connectivity index (χ0n) is 12.0. The van der Waals surface area contributed by atoms with E-state index in [1.54, 1.807) is 17.0 Å². The highest BCUT2D eigenvalue weighted by atomic mass is 19.1. The molecular weight excluding hydrogens is 255 g/mol. The quantitative estimate of drug-likeness (QED) is 0.864. The van der Waals surface area contributed by atoms with Crippen LogP contribution in [0.15, 0.2) is 24.3 Å². The van der Waals surface area contributed by atoms with E-state index in [0.29, 0.717) is 12.2 Å². The minimum atomic E-state index is -0.320. The van der Waals surface area contributed by atoms with Crippen molar-refractivity contribution < 1.29 is 9.18 Å². The summed E-state index contributed by atoms with van der Waals surface area (Å²) in [5, 5.41) is 0. The Morgan fingerprint density at radius 3 is 2.80 bits per heavy atom. The number of amides is 1. The molecule has 0 saturated heterocycles. The van der Waals surface area contributed by atoms with Gasteiger partial charge >= 0.3 is 0 Å². The first-order valence-electron chi connectivity index (χ1n) is 7.46. The summed E-state index contributed by atoms with van der Waals surface area (Å²) in [6, 6.07) is 6.12. The third-order valence-corrected chi connectivity index (χ3v) is 4.09. The summed E-state index contributed by atoms with van der Waals surface area (Å²) in [5.41, 5.74) is 6.78. The molecule has 0 heterocycles. The lowest BCUT2D eigenvalue weighted by molar-refractivity contribution is -0.123. The van der Waals surface area contributed by atoms with Gasteiger partial charge in [0.05, 0.1) is 5.92 Å². The largest absolute Gasteiger partial charge is 0.327 e. The second-order valence-electron chi connectivity index (χ2n) is 5.47. The lowest BCUT2D eigenvalue weighted by Crippen LogP contribution is -2.44. The van der Waals surface area contributed by atoms with Gasteiger partial charge in [-0.2, -0.15) is 0 Å². The predicted molar refractivity (Wildman–Crippen MR) is 79.0 cm³/mol. The molecule has 110 valence electrons. The Bertz CT molecular complexity index is 464. The van der Waals surface area contributed by atoms with Crippen molar-refractivity contribution in [3.8, 4) is 0 Å².